The van der Waals surface area contributed by atoms with Gasteiger partial charge in [0.2, 0.25) is 0 Å². The summed E-state index contributed by atoms with van der Waals surface area (Å²) in [5.41, 5.74) is 0.368. The van der Waals surface area contributed by atoms with E-state index in [4.69, 9.17) is 9.47 Å². The third kappa shape index (κ3) is 3.98. The van der Waals surface area contributed by atoms with E-state index < -0.39 is 11.6 Å². The molecule has 0 saturated carbocycles. The Morgan fingerprint density at radius 1 is 1.35 bits per heavy atom. The van der Waals surface area contributed by atoms with Crippen LogP contribution in [0.25, 0.3) is 0 Å². The van der Waals surface area contributed by atoms with E-state index in [0.29, 0.717) is 31.8 Å². The summed E-state index contributed by atoms with van der Waals surface area (Å²) in [6.07, 6.45) is 1.23. The van der Waals surface area contributed by atoms with Crippen molar-refractivity contribution in [2.75, 3.05) is 26.4 Å². The number of hydrogen-bond donors (Lipinski definition) is 1. The first-order valence-electron chi connectivity index (χ1n) is 7.08. The van der Waals surface area contributed by atoms with Crippen molar-refractivity contribution in [3.8, 4) is 0 Å². The van der Waals surface area contributed by atoms with Gasteiger partial charge in [-0.2, -0.15) is 0 Å². The van der Waals surface area contributed by atoms with E-state index in [0.717, 1.165) is 19.0 Å². The van der Waals surface area contributed by atoms with E-state index in [1.54, 1.807) is 6.07 Å². The normalized spacial score (nSPS) is 20.9. The largest absolute Gasteiger partial charge is 0.376 e. The van der Waals surface area contributed by atoms with Gasteiger partial charge in [-0.1, -0.05) is 19.1 Å². The zero-order valence-corrected chi connectivity index (χ0v) is 11.7. The standard InChI is InChI=1S/C15H21F2NO2/c1-2-6-18-13(14-10-19-7-8-20-14)9-11-4-3-5-12(16)15(11)17/h3-5,13-14,18H,2,6-10H2,1H3. The van der Waals surface area contributed by atoms with Crippen LogP contribution < -0.4 is 5.32 Å². The molecule has 2 atom stereocenters. The molecule has 0 aromatic heterocycles. The van der Waals surface area contributed by atoms with Crippen LogP contribution in [-0.4, -0.2) is 38.5 Å². The number of nitrogens with one attached hydrogen (secondary N) is 1. The summed E-state index contributed by atoms with van der Waals surface area (Å²) in [6.45, 7) is 4.48. The smallest absolute Gasteiger partial charge is 0.162 e. The Hall–Kier alpha value is -1.04. The molecule has 1 aromatic rings. The quantitative estimate of drug-likeness (QED) is 0.870. The third-order valence-corrected chi connectivity index (χ3v) is 3.42. The maximum atomic E-state index is 13.8. The predicted molar refractivity (Wildman–Crippen MR) is 72.7 cm³/mol. The van der Waals surface area contributed by atoms with Crippen molar-refractivity contribution in [2.45, 2.75) is 31.9 Å². The number of hydrogen-bond acceptors (Lipinski definition) is 3. The van der Waals surface area contributed by atoms with E-state index in [2.05, 4.69) is 12.2 Å². The first kappa shape index (κ1) is 15.4. The molecule has 0 radical (unpaired) electrons. The first-order valence-corrected chi connectivity index (χ1v) is 7.08. The molecule has 0 aliphatic carbocycles. The summed E-state index contributed by atoms with van der Waals surface area (Å²) < 4.78 is 38.1. The predicted octanol–water partition coefficient (Wildman–Crippen LogP) is 2.29. The first-order chi connectivity index (χ1) is 9.72. The number of benzene rings is 1. The second-order valence-corrected chi connectivity index (χ2v) is 4.96. The lowest BCUT2D eigenvalue weighted by Crippen LogP contribution is -2.48. The molecule has 5 heteroatoms. The van der Waals surface area contributed by atoms with Crippen LogP contribution in [0.3, 0.4) is 0 Å². The van der Waals surface area contributed by atoms with Gasteiger partial charge in [0.1, 0.15) is 0 Å². The Morgan fingerprint density at radius 2 is 2.20 bits per heavy atom. The van der Waals surface area contributed by atoms with Crippen LogP contribution in [0, 0.1) is 11.6 Å². The minimum Gasteiger partial charge on any atom is -0.376 e. The Labute approximate surface area is 118 Å². The number of ether oxygens (including phenoxy) is 2. The van der Waals surface area contributed by atoms with Crippen molar-refractivity contribution < 1.29 is 18.3 Å². The summed E-state index contributed by atoms with van der Waals surface area (Å²) in [4.78, 5) is 0. The molecule has 1 aromatic carbocycles. The van der Waals surface area contributed by atoms with E-state index in [1.807, 2.05) is 0 Å². The lowest BCUT2D eigenvalue weighted by atomic mass is 10.00. The molecule has 0 amide bonds. The van der Waals surface area contributed by atoms with Crippen LogP contribution in [0.15, 0.2) is 18.2 Å². The fourth-order valence-electron chi connectivity index (χ4n) is 2.35. The minimum atomic E-state index is -0.808. The van der Waals surface area contributed by atoms with Crippen molar-refractivity contribution in [2.24, 2.45) is 0 Å². The van der Waals surface area contributed by atoms with E-state index in [-0.39, 0.29) is 12.1 Å². The average molecular weight is 285 g/mol. The fraction of sp³-hybridized carbons (Fsp3) is 0.600. The van der Waals surface area contributed by atoms with Gasteiger partial charge in [0.05, 0.1) is 25.9 Å². The molecule has 3 nitrogen and oxygen atoms in total. The molecule has 112 valence electrons. The summed E-state index contributed by atoms with van der Waals surface area (Å²) in [5, 5.41) is 3.34. The molecule has 1 N–H and O–H groups in total. The molecule has 1 heterocycles. The summed E-state index contributed by atoms with van der Waals surface area (Å²) in [6, 6.07) is 4.20. The van der Waals surface area contributed by atoms with Gasteiger partial charge in [0, 0.05) is 6.04 Å². The highest BCUT2D eigenvalue weighted by atomic mass is 19.2. The highest BCUT2D eigenvalue weighted by Gasteiger charge is 2.26. The second kappa shape index (κ2) is 7.67. The molecule has 1 saturated heterocycles. The maximum Gasteiger partial charge on any atom is 0.162 e. The molecular formula is C15H21F2NO2. The minimum absolute atomic E-state index is 0.0773. The Morgan fingerprint density at radius 3 is 2.90 bits per heavy atom. The highest BCUT2D eigenvalue weighted by Crippen LogP contribution is 2.17. The van der Waals surface area contributed by atoms with Gasteiger partial charge in [-0.3, -0.25) is 0 Å². The van der Waals surface area contributed by atoms with Crippen LogP contribution in [0.5, 0.6) is 0 Å². The lowest BCUT2D eigenvalue weighted by molar-refractivity contribution is -0.101. The molecule has 2 unspecified atom stereocenters. The molecule has 1 aliphatic heterocycles. The van der Waals surface area contributed by atoms with Gasteiger partial charge < -0.3 is 14.8 Å². The van der Waals surface area contributed by atoms with Crippen molar-refractivity contribution in [1.82, 2.24) is 5.32 Å². The molecule has 20 heavy (non-hydrogen) atoms. The Balaban J connectivity index is 2.07. The Kier molecular flexibility index (Phi) is 5.88. The van der Waals surface area contributed by atoms with E-state index >= 15 is 0 Å². The average Bonchev–Trinajstić information content (AvgIpc) is 2.48. The summed E-state index contributed by atoms with van der Waals surface area (Å²) >= 11 is 0. The van der Waals surface area contributed by atoms with E-state index in [1.165, 1.54) is 6.07 Å². The van der Waals surface area contributed by atoms with E-state index in [9.17, 15) is 8.78 Å². The number of halogens is 2. The van der Waals surface area contributed by atoms with Crippen LogP contribution in [0.1, 0.15) is 18.9 Å². The molecule has 1 fully saturated rings. The zero-order chi connectivity index (χ0) is 14.4. The second-order valence-electron chi connectivity index (χ2n) is 4.96. The molecule has 0 spiro atoms. The lowest BCUT2D eigenvalue weighted by Gasteiger charge is -2.31. The summed E-state index contributed by atoms with van der Waals surface area (Å²) in [7, 11) is 0. The monoisotopic (exact) mass is 285 g/mol. The maximum absolute atomic E-state index is 13.8. The van der Waals surface area contributed by atoms with Crippen LogP contribution in [0.2, 0.25) is 0 Å². The van der Waals surface area contributed by atoms with Crippen LogP contribution >= 0.6 is 0 Å². The van der Waals surface area contributed by atoms with Crippen LogP contribution in [-0.2, 0) is 15.9 Å². The third-order valence-electron chi connectivity index (χ3n) is 3.42. The van der Waals surface area contributed by atoms with Crippen molar-refractivity contribution >= 4 is 0 Å². The summed E-state index contributed by atoms with van der Waals surface area (Å²) in [5.74, 6) is -1.58. The van der Waals surface area contributed by atoms with Crippen LogP contribution in [0.4, 0.5) is 8.78 Å². The highest BCUT2D eigenvalue weighted by molar-refractivity contribution is 5.20. The van der Waals surface area contributed by atoms with Gasteiger partial charge >= 0.3 is 0 Å². The Bertz CT molecular complexity index is 422. The van der Waals surface area contributed by atoms with Gasteiger partial charge in [-0.15, -0.1) is 0 Å². The SMILES string of the molecule is CCCNC(Cc1cccc(F)c1F)C1COCCO1. The zero-order valence-electron chi connectivity index (χ0n) is 11.7. The van der Waals surface area contributed by atoms with Crippen molar-refractivity contribution in [3.05, 3.63) is 35.4 Å². The van der Waals surface area contributed by atoms with Crippen molar-refractivity contribution in [1.29, 1.82) is 0 Å². The number of rotatable bonds is 6. The molecule has 0 bridgehead atoms. The van der Waals surface area contributed by atoms with Gasteiger partial charge in [-0.25, -0.2) is 8.78 Å². The van der Waals surface area contributed by atoms with Gasteiger partial charge in [0.25, 0.3) is 0 Å². The fourth-order valence-corrected chi connectivity index (χ4v) is 2.35. The topological polar surface area (TPSA) is 30.5 Å². The molecule has 2 rings (SSSR count). The molecular weight excluding hydrogens is 264 g/mol. The molecule has 1 aliphatic rings. The van der Waals surface area contributed by atoms with Crippen molar-refractivity contribution in [3.63, 3.8) is 0 Å². The van der Waals surface area contributed by atoms with Gasteiger partial charge in [0.15, 0.2) is 11.6 Å². The van der Waals surface area contributed by atoms with Gasteiger partial charge in [-0.05, 0) is 31.0 Å².